The van der Waals surface area contributed by atoms with E-state index < -0.39 is 5.97 Å². The summed E-state index contributed by atoms with van der Waals surface area (Å²) in [7, 11) is 1.29. The van der Waals surface area contributed by atoms with Crippen molar-refractivity contribution in [2.24, 2.45) is 0 Å². The number of ether oxygens (including phenoxy) is 1. The first kappa shape index (κ1) is 10.7. The lowest BCUT2D eigenvalue weighted by Crippen LogP contribution is -2.05. The van der Waals surface area contributed by atoms with Gasteiger partial charge in [0.2, 0.25) is 0 Å². The first-order valence-electron chi connectivity index (χ1n) is 3.88. The molecule has 0 aliphatic carbocycles. The van der Waals surface area contributed by atoms with Crippen LogP contribution in [0, 0.1) is 18.3 Å². The SMILES string of the molecule is COC(=O)c1c(Br)cc(C)cc1C#N. The molecule has 1 rings (SSSR count). The highest BCUT2D eigenvalue weighted by molar-refractivity contribution is 9.10. The van der Waals surface area contributed by atoms with Crippen LogP contribution in [0.1, 0.15) is 21.5 Å². The number of benzene rings is 1. The Hall–Kier alpha value is -1.34. The van der Waals surface area contributed by atoms with E-state index in [1.807, 2.05) is 13.0 Å². The molecule has 0 amide bonds. The van der Waals surface area contributed by atoms with Crippen molar-refractivity contribution in [3.63, 3.8) is 0 Å². The second-order valence-corrected chi connectivity index (χ2v) is 3.63. The minimum Gasteiger partial charge on any atom is -0.465 e. The number of carbonyl (C=O) groups excluding carboxylic acids is 1. The third-order valence-corrected chi connectivity index (χ3v) is 2.37. The van der Waals surface area contributed by atoms with E-state index in [1.54, 1.807) is 12.1 Å². The molecule has 0 aliphatic rings. The lowest BCUT2D eigenvalue weighted by molar-refractivity contribution is 0.0599. The number of nitriles is 1. The van der Waals surface area contributed by atoms with Gasteiger partial charge in [0.25, 0.3) is 0 Å². The van der Waals surface area contributed by atoms with Crippen molar-refractivity contribution in [1.29, 1.82) is 5.26 Å². The number of hydrogen-bond donors (Lipinski definition) is 0. The number of halogens is 1. The van der Waals surface area contributed by atoms with E-state index in [2.05, 4.69) is 20.7 Å². The maximum absolute atomic E-state index is 11.3. The summed E-state index contributed by atoms with van der Waals surface area (Å²) in [6.07, 6.45) is 0. The van der Waals surface area contributed by atoms with Crippen LogP contribution in [-0.2, 0) is 4.74 Å². The number of aryl methyl sites for hydroxylation is 1. The van der Waals surface area contributed by atoms with E-state index in [0.29, 0.717) is 10.0 Å². The molecule has 0 fully saturated rings. The zero-order chi connectivity index (χ0) is 10.7. The van der Waals surface area contributed by atoms with Crippen molar-refractivity contribution in [1.82, 2.24) is 0 Å². The third-order valence-electron chi connectivity index (χ3n) is 1.74. The molecule has 1 aromatic rings. The Morgan fingerprint density at radius 1 is 1.57 bits per heavy atom. The standard InChI is InChI=1S/C10H8BrNO2/c1-6-3-7(5-12)9(8(11)4-6)10(13)14-2/h3-4H,1-2H3. The van der Waals surface area contributed by atoms with E-state index in [0.717, 1.165) is 5.56 Å². The average molecular weight is 254 g/mol. The normalized spacial score (nSPS) is 9.29. The zero-order valence-electron chi connectivity index (χ0n) is 7.80. The predicted molar refractivity (Wildman–Crippen MR) is 54.9 cm³/mol. The average Bonchev–Trinajstić information content (AvgIpc) is 2.15. The van der Waals surface area contributed by atoms with E-state index in [4.69, 9.17) is 5.26 Å². The van der Waals surface area contributed by atoms with Crippen LogP contribution in [0.2, 0.25) is 0 Å². The molecule has 0 atom stereocenters. The van der Waals surface area contributed by atoms with Gasteiger partial charge >= 0.3 is 5.97 Å². The number of carbonyl (C=O) groups is 1. The number of rotatable bonds is 1. The summed E-state index contributed by atoms with van der Waals surface area (Å²) in [6.45, 7) is 1.85. The van der Waals surface area contributed by atoms with E-state index in [9.17, 15) is 4.79 Å². The van der Waals surface area contributed by atoms with E-state index in [1.165, 1.54) is 7.11 Å². The lowest BCUT2D eigenvalue weighted by Gasteiger charge is -2.05. The van der Waals surface area contributed by atoms with Crippen LogP contribution in [0.15, 0.2) is 16.6 Å². The minimum atomic E-state index is -0.506. The monoisotopic (exact) mass is 253 g/mol. The Morgan fingerprint density at radius 2 is 2.21 bits per heavy atom. The van der Waals surface area contributed by atoms with Crippen LogP contribution in [0.25, 0.3) is 0 Å². The van der Waals surface area contributed by atoms with Crippen LogP contribution in [0.4, 0.5) is 0 Å². The molecule has 0 radical (unpaired) electrons. The van der Waals surface area contributed by atoms with Crippen LogP contribution in [-0.4, -0.2) is 13.1 Å². The molecule has 0 unspecified atom stereocenters. The van der Waals surface area contributed by atoms with Crippen molar-refractivity contribution in [2.45, 2.75) is 6.92 Å². The van der Waals surface area contributed by atoms with E-state index >= 15 is 0 Å². The number of hydrogen-bond acceptors (Lipinski definition) is 3. The molecule has 72 valence electrons. The molecule has 3 nitrogen and oxygen atoms in total. The molecule has 0 saturated heterocycles. The maximum atomic E-state index is 11.3. The number of methoxy groups -OCH3 is 1. The molecular weight excluding hydrogens is 246 g/mol. The van der Waals surface area contributed by atoms with Gasteiger partial charge in [0.05, 0.1) is 18.2 Å². The van der Waals surface area contributed by atoms with Gasteiger partial charge < -0.3 is 4.74 Å². The summed E-state index contributed by atoms with van der Waals surface area (Å²) >= 11 is 3.23. The molecule has 0 spiro atoms. The molecule has 14 heavy (non-hydrogen) atoms. The van der Waals surface area contributed by atoms with Gasteiger partial charge in [-0.15, -0.1) is 0 Å². The van der Waals surface area contributed by atoms with Crippen molar-refractivity contribution in [2.75, 3.05) is 7.11 Å². The number of nitrogens with zero attached hydrogens (tertiary/aromatic N) is 1. The molecule has 0 N–H and O–H groups in total. The van der Waals surface area contributed by atoms with Gasteiger partial charge in [-0.3, -0.25) is 0 Å². The van der Waals surface area contributed by atoms with Crippen LogP contribution in [0.5, 0.6) is 0 Å². The van der Waals surface area contributed by atoms with Crippen molar-refractivity contribution in [3.8, 4) is 6.07 Å². The van der Waals surface area contributed by atoms with Crippen molar-refractivity contribution < 1.29 is 9.53 Å². The Balaban J connectivity index is 3.42. The van der Waals surface area contributed by atoms with Crippen LogP contribution < -0.4 is 0 Å². The second kappa shape index (κ2) is 4.25. The fraction of sp³-hybridized carbons (Fsp3) is 0.200. The molecule has 0 heterocycles. The highest BCUT2D eigenvalue weighted by Gasteiger charge is 2.16. The van der Waals surface area contributed by atoms with Crippen LogP contribution >= 0.6 is 15.9 Å². The first-order valence-corrected chi connectivity index (χ1v) is 4.68. The van der Waals surface area contributed by atoms with Gasteiger partial charge in [0.1, 0.15) is 6.07 Å². The fourth-order valence-electron chi connectivity index (χ4n) is 1.14. The first-order chi connectivity index (χ1) is 6.60. The second-order valence-electron chi connectivity index (χ2n) is 2.77. The molecule has 1 aromatic carbocycles. The predicted octanol–water partition coefficient (Wildman–Crippen LogP) is 2.42. The third kappa shape index (κ3) is 1.94. The Morgan fingerprint density at radius 3 is 2.71 bits per heavy atom. The summed E-state index contributed by atoms with van der Waals surface area (Å²) in [5.74, 6) is -0.506. The van der Waals surface area contributed by atoms with Crippen molar-refractivity contribution in [3.05, 3.63) is 33.3 Å². The highest BCUT2D eigenvalue weighted by atomic mass is 79.9. The van der Waals surface area contributed by atoms with Crippen molar-refractivity contribution >= 4 is 21.9 Å². The molecule has 4 heteroatoms. The largest absolute Gasteiger partial charge is 0.465 e. The molecule has 0 bridgehead atoms. The maximum Gasteiger partial charge on any atom is 0.340 e. The summed E-state index contributed by atoms with van der Waals surface area (Å²) in [5, 5.41) is 8.83. The summed E-state index contributed by atoms with van der Waals surface area (Å²) in [6, 6.07) is 5.38. The smallest absolute Gasteiger partial charge is 0.340 e. The van der Waals surface area contributed by atoms with Gasteiger partial charge in [0.15, 0.2) is 0 Å². The zero-order valence-corrected chi connectivity index (χ0v) is 9.38. The van der Waals surface area contributed by atoms with Gasteiger partial charge in [-0.2, -0.15) is 5.26 Å². The van der Waals surface area contributed by atoms with Gasteiger partial charge in [-0.05, 0) is 40.5 Å². The van der Waals surface area contributed by atoms with Gasteiger partial charge in [-0.1, -0.05) is 0 Å². The van der Waals surface area contributed by atoms with Crippen LogP contribution in [0.3, 0.4) is 0 Å². The Labute approximate surface area is 90.4 Å². The summed E-state index contributed by atoms with van der Waals surface area (Å²) < 4.78 is 5.16. The topological polar surface area (TPSA) is 50.1 Å². The lowest BCUT2D eigenvalue weighted by atomic mass is 10.1. The molecule has 0 aromatic heterocycles. The Kier molecular flexibility index (Phi) is 3.26. The number of esters is 1. The molecular formula is C10H8BrNO2. The Bertz CT molecular complexity index is 421. The summed E-state index contributed by atoms with van der Waals surface area (Å²) in [5.41, 5.74) is 1.52. The van der Waals surface area contributed by atoms with E-state index in [-0.39, 0.29) is 5.56 Å². The quantitative estimate of drug-likeness (QED) is 0.723. The minimum absolute atomic E-state index is 0.278. The highest BCUT2D eigenvalue weighted by Crippen LogP contribution is 2.23. The molecule has 0 saturated carbocycles. The van der Waals surface area contributed by atoms with Gasteiger partial charge in [0, 0.05) is 4.47 Å². The van der Waals surface area contributed by atoms with Gasteiger partial charge in [-0.25, -0.2) is 4.79 Å². The molecule has 0 aliphatic heterocycles. The fourth-order valence-corrected chi connectivity index (χ4v) is 1.88. The summed E-state index contributed by atoms with van der Waals surface area (Å²) in [4.78, 5) is 11.3.